The maximum absolute atomic E-state index is 13.0. The van der Waals surface area contributed by atoms with E-state index in [0.717, 1.165) is 12.8 Å². The minimum atomic E-state index is -0.340. The van der Waals surface area contributed by atoms with E-state index in [1.165, 1.54) is 19.2 Å². The highest BCUT2D eigenvalue weighted by Crippen LogP contribution is 2.34. The van der Waals surface area contributed by atoms with Gasteiger partial charge >= 0.3 is 0 Å². The van der Waals surface area contributed by atoms with E-state index in [1.54, 1.807) is 6.07 Å². The van der Waals surface area contributed by atoms with Gasteiger partial charge in [-0.2, -0.15) is 0 Å². The van der Waals surface area contributed by atoms with Crippen molar-refractivity contribution in [3.8, 4) is 11.5 Å². The molecule has 0 atom stereocenters. The molecule has 1 aliphatic carbocycles. The lowest BCUT2D eigenvalue weighted by atomic mass is 10.3. The summed E-state index contributed by atoms with van der Waals surface area (Å²) in [6.45, 7) is 0.410. The molecule has 1 aliphatic rings. The smallest absolute Gasteiger partial charge is 0.164 e. The molecule has 0 unspecified atom stereocenters. The molecule has 1 fully saturated rings. The van der Waals surface area contributed by atoms with Gasteiger partial charge in [-0.15, -0.1) is 12.4 Å². The molecule has 0 spiro atoms. The first-order valence-corrected chi connectivity index (χ1v) is 4.88. The van der Waals surface area contributed by atoms with E-state index in [-0.39, 0.29) is 23.8 Å². The maximum Gasteiger partial charge on any atom is 0.164 e. The van der Waals surface area contributed by atoms with Crippen LogP contribution in [0.15, 0.2) is 18.2 Å². The number of hydrogen-bond acceptors (Lipinski definition) is 3. The second kappa shape index (κ2) is 4.89. The van der Waals surface area contributed by atoms with Crippen molar-refractivity contribution in [1.82, 2.24) is 0 Å². The highest BCUT2D eigenvalue weighted by molar-refractivity contribution is 5.85. The van der Waals surface area contributed by atoms with Crippen LogP contribution < -0.4 is 15.2 Å². The predicted molar refractivity (Wildman–Crippen MR) is 61.8 cm³/mol. The van der Waals surface area contributed by atoms with Crippen LogP contribution in [-0.4, -0.2) is 19.3 Å². The van der Waals surface area contributed by atoms with Crippen LogP contribution in [0.5, 0.6) is 11.5 Å². The number of nitrogens with two attached hydrogens (primary N) is 1. The molecule has 0 saturated heterocycles. The molecule has 16 heavy (non-hydrogen) atoms. The molecule has 1 aromatic carbocycles. The van der Waals surface area contributed by atoms with Gasteiger partial charge in [0.15, 0.2) is 11.5 Å². The van der Waals surface area contributed by atoms with Crippen LogP contribution in [0.1, 0.15) is 12.8 Å². The van der Waals surface area contributed by atoms with Gasteiger partial charge < -0.3 is 15.2 Å². The Balaban J connectivity index is 0.00000128. The molecule has 3 nitrogen and oxygen atoms in total. The molecule has 0 bridgehead atoms. The second-order valence-electron chi connectivity index (χ2n) is 3.95. The first-order chi connectivity index (χ1) is 7.13. The van der Waals surface area contributed by atoms with Crippen molar-refractivity contribution in [3.63, 3.8) is 0 Å². The Kier molecular flexibility index (Phi) is 3.99. The first kappa shape index (κ1) is 13.1. The average Bonchev–Trinajstić information content (AvgIpc) is 2.95. The summed E-state index contributed by atoms with van der Waals surface area (Å²) >= 11 is 0. The Bertz CT molecular complexity index is 369. The minimum absolute atomic E-state index is 0. The number of hydrogen-bond donors (Lipinski definition) is 1. The van der Waals surface area contributed by atoms with Crippen molar-refractivity contribution in [2.24, 2.45) is 5.73 Å². The topological polar surface area (TPSA) is 44.5 Å². The van der Waals surface area contributed by atoms with Crippen LogP contribution in [0.2, 0.25) is 0 Å². The highest BCUT2D eigenvalue weighted by atomic mass is 35.5. The van der Waals surface area contributed by atoms with Gasteiger partial charge in [0, 0.05) is 6.07 Å². The van der Waals surface area contributed by atoms with Gasteiger partial charge in [0.2, 0.25) is 0 Å². The third kappa shape index (κ3) is 3.00. The van der Waals surface area contributed by atoms with E-state index < -0.39 is 0 Å². The number of benzene rings is 1. The quantitative estimate of drug-likeness (QED) is 0.887. The molecule has 1 aromatic rings. The monoisotopic (exact) mass is 247 g/mol. The fourth-order valence-electron chi connectivity index (χ4n) is 1.29. The molecule has 90 valence electrons. The Hall–Kier alpha value is -1.00. The van der Waals surface area contributed by atoms with E-state index >= 15 is 0 Å². The van der Waals surface area contributed by atoms with Crippen LogP contribution in [0.25, 0.3) is 0 Å². The van der Waals surface area contributed by atoms with Crippen LogP contribution in [0.3, 0.4) is 0 Å². The second-order valence-corrected chi connectivity index (χ2v) is 3.95. The minimum Gasteiger partial charge on any atom is -0.493 e. The molecule has 2 rings (SSSR count). The molecular weight excluding hydrogens is 233 g/mol. The predicted octanol–water partition coefficient (Wildman–Crippen LogP) is 2.13. The normalized spacial score (nSPS) is 16.2. The van der Waals surface area contributed by atoms with Gasteiger partial charge in [-0.05, 0) is 25.0 Å². The summed E-state index contributed by atoms with van der Waals surface area (Å²) in [5.74, 6) is 0.600. The van der Waals surface area contributed by atoms with Gasteiger partial charge in [0.25, 0.3) is 0 Å². The summed E-state index contributed by atoms with van der Waals surface area (Å²) in [7, 11) is 1.52. The summed E-state index contributed by atoms with van der Waals surface area (Å²) in [4.78, 5) is 0. The third-order valence-electron chi connectivity index (χ3n) is 2.53. The van der Waals surface area contributed by atoms with Crippen molar-refractivity contribution in [2.45, 2.75) is 18.4 Å². The molecule has 0 heterocycles. The van der Waals surface area contributed by atoms with Gasteiger partial charge in [0.1, 0.15) is 12.4 Å². The SMILES string of the molecule is COc1ccc(F)cc1OCC1(N)CC1.Cl. The maximum atomic E-state index is 13.0. The van der Waals surface area contributed by atoms with Crippen LogP contribution in [0.4, 0.5) is 4.39 Å². The first-order valence-electron chi connectivity index (χ1n) is 4.88. The molecule has 0 radical (unpaired) electrons. The van der Waals surface area contributed by atoms with Gasteiger partial charge in [-0.3, -0.25) is 0 Å². The van der Waals surface area contributed by atoms with Crippen molar-refractivity contribution >= 4 is 12.4 Å². The van der Waals surface area contributed by atoms with E-state index in [2.05, 4.69) is 0 Å². The Morgan fingerprint density at radius 2 is 2.06 bits per heavy atom. The summed E-state index contributed by atoms with van der Waals surface area (Å²) < 4.78 is 23.5. The van der Waals surface area contributed by atoms with Crippen molar-refractivity contribution in [2.75, 3.05) is 13.7 Å². The third-order valence-corrected chi connectivity index (χ3v) is 2.53. The molecule has 0 aliphatic heterocycles. The molecule has 0 aromatic heterocycles. The van der Waals surface area contributed by atoms with E-state index in [0.29, 0.717) is 18.1 Å². The standard InChI is InChI=1S/C11H14FNO2.ClH/c1-14-9-3-2-8(12)6-10(9)15-7-11(13)4-5-11;/h2-3,6H,4-5,7,13H2,1H3;1H. The molecular formula is C11H15ClFNO2. The summed E-state index contributed by atoms with van der Waals surface area (Å²) in [5.41, 5.74) is 5.65. The Labute approximate surface area is 100 Å². The number of ether oxygens (including phenoxy) is 2. The van der Waals surface area contributed by atoms with Crippen LogP contribution in [-0.2, 0) is 0 Å². The summed E-state index contributed by atoms with van der Waals surface area (Å²) in [6.07, 6.45) is 1.93. The van der Waals surface area contributed by atoms with E-state index in [9.17, 15) is 4.39 Å². The van der Waals surface area contributed by atoms with Gasteiger partial charge in [-0.1, -0.05) is 0 Å². The largest absolute Gasteiger partial charge is 0.493 e. The van der Waals surface area contributed by atoms with Crippen LogP contribution >= 0.6 is 12.4 Å². The molecule has 2 N–H and O–H groups in total. The fourth-order valence-corrected chi connectivity index (χ4v) is 1.29. The highest BCUT2D eigenvalue weighted by Gasteiger charge is 2.39. The van der Waals surface area contributed by atoms with Crippen LogP contribution in [0, 0.1) is 5.82 Å². The molecule has 1 saturated carbocycles. The zero-order valence-electron chi connectivity index (χ0n) is 9.03. The van der Waals surface area contributed by atoms with Gasteiger partial charge in [-0.25, -0.2) is 4.39 Å². The van der Waals surface area contributed by atoms with Crippen molar-refractivity contribution in [1.29, 1.82) is 0 Å². The number of rotatable bonds is 4. The lowest BCUT2D eigenvalue weighted by Crippen LogP contribution is -2.29. The number of halogens is 2. The van der Waals surface area contributed by atoms with Crippen molar-refractivity contribution in [3.05, 3.63) is 24.0 Å². The fraction of sp³-hybridized carbons (Fsp3) is 0.455. The molecule has 5 heteroatoms. The van der Waals surface area contributed by atoms with E-state index in [4.69, 9.17) is 15.2 Å². The van der Waals surface area contributed by atoms with E-state index in [1.807, 2.05) is 0 Å². The summed E-state index contributed by atoms with van der Waals surface area (Å²) in [5, 5.41) is 0. The van der Waals surface area contributed by atoms with Gasteiger partial charge in [0.05, 0.1) is 12.6 Å². The lowest BCUT2D eigenvalue weighted by molar-refractivity contribution is 0.263. The zero-order valence-corrected chi connectivity index (χ0v) is 9.85. The average molecular weight is 248 g/mol. The summed E-state index contributed by atoms with van der Waals surface area (Å²) in [6, 6.07) is 4.19. The Morgan fingerprint density at radius 3 is 2.62 bits per heavy atom. The lowest BCUT2D eigenvalue weighted by Gasteiger charge is -2.13. The van der Waals surface area contributed by atoms with Crippen molar-refractivity contribution < 1.29 is 13.9 Å². The molecule has 0 amide bonds. The number of methoxy groups -OCH3 is 1. The zero-order chi connectivity index (χ0) is 10.9. The Morgan fingerprint density at radius 1 is 1.38 bits per heavy atom.